The third-order valence-corrected chi connectivity index (χ3v) is 2.86. The Balaban J connectivity index is 3.06. The molecular weight excluding hydrogens is 234 g/mol. The van der Waals surface area contributed by atoms with Gasteiger partial charge in [0.2, 0.25) is 0 Å². The summed E-state index contributed by atoms with van der Waals surface area (Å²) >= 11 is 0. The average Bonchev–Trinajstić information content (AvgIpc) is 2.38. The third kappa shape index (κ3) is 3.00. The summed E-state index contributed by atoms with van der Waals surface area (Å²) in [6, 6.07) is 7.08. The average molecular weight is 253 g/mol. The minimum atomic E-state index is -1.20. The summed E-state index contributed by atoms with van der Waals surface area (Å²) in [5, 5.41) is 12.4. The van der Waals surface area contributed by atoms with Crippen molar-refractivity contribution in [1.29, 1.82) is 0 Å². The molecular formula is C13H19NO4. The molecule has 1 aromatic carbocycles. The monoisotopic (exact) mass is 253 g/mol. The molecule has 100 valence electrons. The highest BCUT2D eigenvalue weighted by atomic mass is 16.5. The van der Waals surface area contributed by atoms with Crippen LogP contribution in [0.4, 0.5) is 0 Å². The number of carboxylic acids is 1. The van der Waals surface area contributed by atoms with Gasteiger partial charge in [0, 0.05) is 19.2 Å². The van der Waals surface area contributed by atoms with E-state index in [-0.39, 0.29) is 0 Å². The van der Waals surface area contributed by atoms with Gasteiger partial charge in [0.05, 0.1) is 13.7 Å². The van der Waals surface area contributed by atoms with Gasteiger partial charge in [-0.3, -0.25) is 5.32 Å². The van der Waals surface area contributed by atoms with Crippen LogP contribution in [0.3, 0.4) is 0 Å². The van der Waals surface area contributed by atoms with Crippen LogP contribution in [0.5, 0.6) is 5.75 Å². The zero-order chi connectivity index (χ0) is 13.6. The van der Waals surface area contributed by atoms with Crippen LogP contribution in [0, 0.1) is 0 Å². The molecule has 1 atom stereocenters. The Morgan fingerprint density at radius 2 is 2.06 bits per heavy atom. The molecule has 0 aromatic heterocycles. The predicted octanol–water partition coefficient (Wildman–Crippen LogP) is 1.23. The van der Waals surface area contributed by atoms with E-state index in [1.807, 2.05) is 0 Å². The van der Waals surface area contributed by atoms with E-state index in [0.717, 1.165) is 0 Å². The summed E-state index contributed by atoms with van der Waals surface area (Å²) in [5.74, 6) is -0.407. The Morgan fingerprint density at radius 1 is 1.39 bits per heavy atom. The van der Waals surface area contributed by atoms with Crippen LogP contribution >= 0.6 is 0 Å². The molecule has 0 radical (unpaired) electrons. The number of para-hydroxylation sites is 1. The number of carbonyl (C=O) groups is 1. The third-order valence-electron chi connectivity index (χ3n) is 2.86. The van der Waals surface area contributed by atoms with E-state index in [1.54, 1.807) is 38.3 Å². The Bertz CT molecular complexity index is 408. The second-order valence-electron chi connectivity index (χ2n) is 4.05. The van der Waals surface area contributed by atoms with Gasteiger partial charge in [0.15, 0.2) is 0 Å². The van der Waals surface area contributed by atoms with Gasteiger partial charge < -0.3 is 14.6 Å². The maximum Gasteiger partial charge on any atom is 0.328 e. The Kier molecular flexibility index (Phi) is 5.12. The molecule has 1 unspecified atom stereocenters. The van der Waals surface area contributed by atoms with Crippen LogP contribution in [-0.2, 0) is 15.1 Å². The fourth-order valence-corrected chi connectivity index (χ4v) is 1.75. The highest BCUT2D eigenvalue weighted by Crippen LogP contribution is 2.29. The van der Waals surface area contributed by atoms with Gasteiger partial charge in [-0.1, -0.05) is 18.2 Å². The van der Waals surface area contributed by atoms with Crippen LogP contribution in [0.2, 0.25) is 0 Å². The highest BCUT2D eigenvalue weighted by molar-refractivity contribution is 5.81. The summed E-state index contributed by atoms with van der Waals surface area (Å²) < 4.78 is 10.1. The van der Waals surface area contributed by atoms with Gasteiger partial charge in [-0.25, -0.2) is 4.79 Å². The highest BCUT2D eigenvalue weighted by Gasteiger charge is 2.36. The first-order valence-electron chi connectivity index (χ1n) is 5.67. The lowest BCUT2D eigenvalue weighted by molar-refractivity contribution is -0.144. The minimum absolute atomic E-state index is 0.442. The largest absolute Gasteiger partial charge is 0.496 e. The molecule has 0 heterocycles. The summed E-state index contributed by atoms with van der Waals surface area (Å²) in [6.45, 7) is 2.50. The number of hydrogen-bond donors (Lipinski definition) is 2. The van der Waals surface area contributed by atoms with Gasteiger partial charge in [0.25, 0.3) is 0 Å². The summed E-state index contributed by atoms with van der Waals surface area (Å²) in [5.41, 5.74) is -0.610. The van der Waals surface area contributed by atoms with Crippen molar-refractivity contribution in [3.63, 3.8) is 0 Å². The first kappa shape index (κ1) is 14.5. The molecule has 0 fully saturated rings. The molecule has 0 aliphatic carbocycles. The molecule has 5 nitrogen and oxygen atoms in total. The molecule has 0 aliphatic heterocycles. The molecule has 0 saturated carbocycles. The van der Waals surface area contributed by atoms with E-state index in [9.17, 15) is 9.90 Å². The lowest BCUT2D eigenvalue weighted by Gasteiger charge is -2.28. The fraction of sp³-hybridized carbons (Fsp3) is 0.462. The van der Waals surface area contributed by atoms with E-state index < -0.39 is 11.5 Å². The van der Waals surface area contributed by atoms with Gasteiger partial charge in [-0.05, 0) is 13.0 Å². The topological polar surface area (TPSA) is 67.8 Å². The van der Waals surface area contributed by atoms with Crippen molar-refractivity contribution < 1.29 is 19.4 Å². The van der Waals surface area contributed by atoms with E-state index in [4.69, 9.17) is 9.47 Å². The molecule has 0 saturated heterocycles. The predicted molar refractivity (Wildman–Crippen MR) is 67.9 cm³/mol. The van der Waals surface area contributed by atoms with E-state index in [0.29, 0.717) is 24.5 Å². The molecule has 0 amide bonds. The lowest BCUT2D eigenvalue weighted by atomic mass is 9.91. The van der Waals surface area contributed by atoms with Gasteiger partial charge in [0.1, 0.15) is 11.3 Å². The Labute approximate surface area is 107 Å². The zero-order valence-corrected chi connectivity index (χ0v) is 10.9. The molecule has 0 aliphatic rings. The first-order valence-corrected chi connectivity index (χ1v) is 5.67. The van der Waals surface area contributed by atoms with E-state index in [2.05, 4.69) is 5.32 Å². The normalized spacial score (nSPS) is 13.9. The van der Waals surface area contributed by atoms with E-state index in [1.165, 1.54) is 7.11 Å². The smallest absolute Gasteiger partial charge is 0.328 e. The Morgan fingerprint density at radius 3 is 2.61 bits per heavy atom. The van der Waals surface area contributed by atoms with Crippen LogP contribution in [0.15, 0.2) is 24.3 Å². The summed E-state index contributed by atoms with van der Waals surface area (Å²) in [4.78, 5) is 11.5. The van der Waals surface area contributed by atoms with E-state index >= 15 is 0 Å². The van der Waals surface area contributed by atoms with Crippen molar-refractivity contribution in [2.45, 2.75) is 12.5 Å². The molecule has 18 heavy (non-hydrogen) atoms. The van der Waals surface area contributed by atoms with Crippen LogP contribution in [-0.4, -0.2) is 38.4 Å². The van der Waals surface area contributed by atoms with Gasteiger partial charge >= 0.3 is 5.97 Å². The van der Waals surface area contributed by atoms with Crippen LogP contribution in [0.25, 0.3) is 0 Å². The molecule has 2 N–H and O–H groups in total. The number of carboxylic acid groups (broad SMARTS) is 1. The summed E-state index contributed by atoms with van der Waals surface area (Å²) in [7, 11) is 3.10. The van der Waals surface area contributed by atoms with Crippen molar-refractivity contribution in [1.82, 2.24) is 5.32 Å². The Hall–Kier alpha value is -1.59. The molecule has 5 heteroatoms. The lowest BCUT2D eigenvalue weighted by Crippen LogP contribution is -2.48. The van der Waals surface area contributed by atoms with Crippen molar-refractivity contribution in [3.8, 4) is 5.75 Å². The second-order valence-corrected chi connectivity index (χ2v) is 4.05. The number of hydrogen-bond acceptors (Lipinski definition) is 4. The first-order chi connectivity index (χ1) is 8.56. The van der Waals surface area contributed by atoms with Crippen molar-refractivity contribution in [2.24, 2.45) is 0 Å². The van der Waals surface area contributed by atoms with Crippen molar-refractivity contribution in [2.75, 3.05) is 27.4 Å². The van der Waals surface area contributed by atoms with Crippen molar-refractivity contribution in [3.05, 3.63) is 29.8 Å². The van der Waals surface area contributed by atoms with Crippen LogP contribution in [0.1, 0.15) is 12.5 Å². The number of rotatable bonds is 7. The quantitative estimate of drug-likeness (QED) is 0.715. The molecule has 0 spiro atoms. The molecule has 1 rings (SSSR count). The number of benzene rings is 1. The standard InChI is InChI=1S/C13H19NO4/c1-13(12(15)16,14-8-9-17-2)10-6-4-5-7-11(10)18-3/h4-7,14H,8-9H2,1-3H3,(H,15,16). The zero-order valence-electron chi connectivity index (χ0n) is 10.9. The second kappa shape index (κ2) is 6.37. The van der Waals surface area contributed by atoms with Crippen LogP contribution < -0.4 is 10.1 Å². The van der Waals surface area contributed by atoms with Gasteiger partial charge in [-0.2, -0.15) is 0 Å². The SMILES string of the molecule is COCCNC(C)(C(=O)O)c1ccccc1OC. The maximum atomic E-state index is 11.5. The summed E-state index contributed by atoms with van der Waals surface area (Å²) in [6.07, 6.45) is 0. The number of nitrogens with one attached hydrogen (secondary N) is 1. The number of ether oxygens (including phenoxy) is 2. The molecule has 1 aromatic rings. The van der Waals surface area contributed by atoms with Gasteiger partial charge in [-0.15, -0.1) is 0 Å². The number of aliphatic carboxylic acids is 1. The fourth-order valence-electron chi connectivity index (χ4n) is 1.75. The minimum Gasteiger partial charge on any atom is -0.496 e. The maximum absolute atomic E-state index is 11.5. The van der Waals surface area contributed by atoms with Crippen molar-refractivity contribution >= 4 is 5.97 Å². The molecule has 0 bridgehead atoms. The number of methoxy groups -OCH3 is 2.